The molecule has 3 nitrogen and oxygen atoms in total. The molecule has 0 heterocycles. The van der Waals surface area contributed by atoms with E-state index < -0.39 is 0 Å². The van der Waals surface area contributed by atoms with Crippen molar-refractivity contribution in [2.24, 2.45) is 11.5 Å². The summed E-state index contributed by atoms with van der Waals surface area (Å²) >= 11 is 0. The Morgan fingerprint density at radius 2 is 1.15 bits per heavy atom. The van der Waals surface area contributed by atoms with E-state index in [0.29, 0.717) is 0 Å². The van der Waals surface area contributed by atoms with Crippen LogP contribution in [0.5, 0.6) is 0 Å². The summed E-state index contributed by atoms with van der Waals surface area (Å²) < 4.78 is 5.38. The minimum absolute atomic E-state index is 0.733. The fourth-order valence-electron chi connectivity index (χ4n) is 1.17. The van der Waals surface area contributed by atoms with Gasteiger partial charge in [-0.05, 0) is 32.4 Å². The van der Waals surface area contributed by atoms with Gasteiger partial charge in [0, 0.05) is 13.2 Å². The average Bonchev–Trinajstić information content (AvgIpc) is 2.16. The second-order valence-electron chi connectivity index (χ2n) is 3.31. The summed E-state index contributed by atoms with van der Waals surface area (Å²) in [6, 6.07) is 0. The first kappa shape index (κ1) is 12.9. The molecule has 0 aliphatic carbocycles. The monoisotopic (exact) mass is 188 g/mol. The SMILES string of the molecule is NCCCCCCCOCCCN. The van der Waals surface area contributed by atoms with Crippen LogP contribution in [0.4, 0.5) is 0 Å². The Morgan fingerprint density at radius 3 is 1.85 bits per heavy atom. The summed E-state index contributed by atoms with van der Waals surface area (Å²) in [6.07, 6.45) is 7.13. The summed E-state index contributed by atoms with van der Waals surface area (Å²) in [5, 5.41) is 0. The van der Waals surface area contributed by atoms with Crippen LogP contribution in [0.1, 0.15) is 38.5 Å². The van der Waals surface area contributed by atoms with E-state index in [-0.39, 0.29) is 0 Å². The number of hydrogen-bond donors (Lipinski definition) is 2. The Kier molecular flexibility index (Phi) is 11.8. The highest BCUT2D eigenvalue weighted by Crippen LogP contribution is 2.02. The third-order valence-corrected chi connectivity index (χ3v) is 1.99. The van der Waals surface area contributed by atoms with Crippen molar-refractivity contribution in [3.05, 3.63) is 0 Å². The molecule has 0 aliphatic rings. The molecular weight excluding hydrogens is 164 g/mol. The van der Waals surface area contributed by atoms with Crippen LogP contribution in [0.2, 0.25) is 0 Å². The van der Waals surface area contributed by atoms with Crippen LogP contribution >= 0.6 is 0 Å². The van der Waals surface area contributed by atoms with Crippen molar-refractivity contribution >= 4 is 0 Å². The smallest absolute Gasteiger partial charge is 0.0478 e. The lowest BCUT2D eigenvalue weighted by atomic mass is 10.1. The Morgan fingerprint density at radius 1 is 0.615 bits per heavy atom. The van der Waals surface area contributed by atoms with Crippen molar-refractivity contribution in [1.82, 2.24) is 0 Å². The van der Waals surface area contributed by atoms with Gasteiger partial charge in [0.15, 0.2) is 0 Å². The predicted molar refractivity (Wildman–Crippen MR) is 56.6 cm³/mol. The van der Waals surface area contributed by atoms with E-state index in [1.54, 1.807) is 0 Å². The van der Waals surface area contributed by atoms with Crippen LogP contribution in [0.25, 0.3) is 0 Å². The molecule has 0 aromatic heterocycles. The van der Waals surface area contributed by atoms with Crippen molar-refractivity contribution in [3.8, 4) is 0 Å². The second-order valence-corrected chi connectivity index (χ2v) is 3.31. The van der Waals surface area contributed by atoms with Gasteiger partial charge in [-0.15, -0.1) is 0 Å². The van der Waals surface area contributed by atoms with E-state index in [1.807, 2.05) is 0 Å². The number of hydrogen-bond acceptors (Lipinski definition) is 3. The van der Waals surface area contributed by atoms with E-state index in [9.17, 15) is 0 Å². The van der Waals surface area contributed by atoms with Crippen LogP contribution in [0.15, 0.2) is 0 Å². The van der Waals surface area contributed by atoms with Gasteiger partial charge in [0.25, 0.3) is 0 Å². The molecular formula is C10H24N2O. The van der Waals surface area contributed by atoms with Crippen LogP contribution in [0, 0.1) is 0 Å². The molecule has 0 fully saturated rings. The molecule has 0 radical (unpaired) electrons. The fraction of sp³-hybridized carbons (Fsp3) is 1.00. The van der Waals surface area contributed by atoms with E-state index in [1.165, 1.54) is 25.7 Å². The van der Waals surface area contributed by atoms with E-state index in [2.05, 4.69) is 0 Å². The Hall–Kier alpha value is -0.120. The van der Waals surface area contributed by atoms with Gasteiger partial charge in [0.2, 0.25) is 0 Å². The largest absolute Gasteiger partial charge is 0.381 e. The highest BCUT2D eigenvalue weighted by molar-refractivity contribution is 4.45. The molecule has 3 heteroatoms. The number of rotatable bonds is 10. The Balaban J connectivity index is 2.76. The quantitative estimate of drug-likeness (QED) is 0.507. The molecule has 0 saturated carbocycles. The van der Waals surface area contributed by atoms with Gasteiger partial charge in [-0.1, -0.05) is 19.3 Å². The Bertz CT molecular complexity index is 79.0. The van der Waals surface area contributed by atoms with Gasteiger partial charge in [0.05, 0.1) is 0 Å². The first-order valence-corrected chi connectivity index (χ1v) is 5.39. The van der Waals surface area contributed by atoms with Gasteiger partial charge < -0.3 is 16.2 Å². The first-order chi connectivity index (χ1) is 6.41. The average molecular weight is 188 g/mol. The molecule has 0 saturated heterocycles. The lowest BCUT2D eigenvalue weighted by Crippen LogP contribution is -2.05. The molecule has 0 aromatic rings. The minimum atomic E-state index is 0.733. The van der Waals surface area contributed by atoms with Gasteiger partial charge in [0.1, 0.15) is 0 Å². The van der Waals surface area contributed by atoms with Crippen molar-refractivity contribution in [3.63, 3.8) is 0 Å². The van der Waals surface area contributed by atoms with Crippen LogP contribution < -0.4 is 11.5 Å². The topological polar surface area (TPSA) is 61.3 Å². The third-order valence-electron chi connectivity index (χ3n) is 1.99. The van der Waals surface area contributed by atoms with Crippen molar-refractivity contribution in [2.45, 2.75) is 38.5 Å². The molecule has 0 atom stereocenters. The maximum absolute atomic E-state index is 5.39. The lowest BCUT2D eigenvalue weighted by Gasteiger charge is -2.02. The molecule has 4 N–H and O–H groups in total. The van der Waals surface area contributed by atoms with Crippen LogP contribution in [-0.2, 0) is 4.74 Å². The van der Waals surface area contributed by atoms with E-state index in [4.69, 9.17) is 16.2 Å². The molecule has 0 amide bonds. The van der Waals surface area contributed by atoms with Crippen LogP contribution in [-0.4, -0.2) is 26.3 Å². The molecule has 0 aromatic carbocycles. The third kappa shape index (κ3) is 11.9. The van der Waals surface area contributed by atoms with Crippen LogP contribution in [0.3, 0.4) is 0 Å². The van der Waals surface area contributed by atoms with Gasteiger partial charge >= 0.3 is 0 Å². The maximum Gasteiger partial charge on any atom is 0.0478 e. The van der Waals surface area contributed by atoms with Gasteiger partial charge in [-0.25, -0.2) is 0 Å². The normalized spacial score (nSPS) is 10.6. The number of unbranched alkanes of at least 4 members (excludes halogenated alkanes) is 4. The maximum atomic E-state index is 5.39. The summed E-state index contributed by atoms with van der Waals surface area (Å²) in [5.74, 6) is 0. The van der Waals surface area contributed by atoms with E-state index >= 15 is 0 Å². The molecule has 0 aliphatic heterocycles. The number of nitrogens with two attached hydrogens (primary N) is 2. The number of ether oxygens (including phenoxy) is 1. The van der Waals surface area contributed by atoms with Crippen molar-refractivity contribution in [2.75, 3.05) is 26.3 Å². The fourth-order valence-corrected chi connectivity index (χ4v) is 1.17. The molecule has 0 bridgehead atoms. The van der Waals surface area contributed by atoms with E-state index in [0.717, 1.165) is 39.1 Å². The molecule has 13 heavy (non-hydrogen) atoms. The molecule has 0 rings (SSSR count). The molecule has 80 valence electrons. The molecule has 0 spiro atoms. The standard InChI is InChI=1S/C10H24N2O/c11-7-4-2-1-3-5-9-13-10-6-8-12/h1-12H2. The Labute approximate surface area is 81.8 Å². The zero-order valence-corrected chi connectivity index (χ0v) is 8.63. The highest BCUT2D eigenvalue weighted by Gasteiger charge is 1.90. The summed E-state index contributed by atoms with van der Waals surface area (Å²) in [7, 11) is 0. The van der Waals surface area contributed by atoms with Gasteiger partial charge in [-0.3, -0.25) is 0 Å². The second kappa shape index (κ2) is 11.9. The first-order valence-electron chi connectivity index (χ1n) is 5.39. The minimum Gasteiger partial charge on any atom is -0.381 e. The zero-order valence-electron chi connectivity index (χ0n) is 8.63. The van der Waals surface area contributed by atoms with Crippen molar-refractivity contribution < 1.29 is 4.74 Å². The summed E-state index contributed by atoms with van der Waals surface area (Å²) in [4.78, 5) is 0. The highest BCUT2D eigenvalue weighted by atomic mass is 16.5. The summed E-state index contributed by atoms with van der Waals surface area (Å²) in [5.41, 5.74) is 10.7. The molecule has 0 unspecified atom stereocenters. The predicted octanol–water partition coefficient (Wildman–Crippen LogP) is 1.26. The van der Waals surface area contributed by atoms with Gasteiger partial charge in [-0.2, -0.15) is 0 Å². The lowest BCUT2D eigenvalue weighted by molar-refractivity contribution is 0.129. The van der Waals surface area contributed by atoms with Crippen molar-refractivity contribution in [1.29, 1.82) is 0 Å². The summed E-state index contributed by atoms with van der Waals surface area (Å²) in [6.45, 7) is 3.27. The zero-order chi connectivity index (χ0) is 9.78.